The highest BCUT2D eigenvalue weighted by molar-refractivity contribution is 6.21. The van der Waals surface area contributed by atoms with Crippen LogP contribution >= 0.6 is 0 Å². The fourth-order valence-corrected chi connectivity index (χ4v) is 4.71. The Kier molecular flexibility index (Phi) is 5.96. The van der Waals surface area contributed by atoms with Gasteiger partial charge in [-0.15, -0.1) is 0 Å². The summed E-state index contributed by atoms with van der Waals surface area (Å²) in [6, 6.07) is 19.2. The van der Waals surface area contributed by atoms with E-state index in [4.69, 9.17) is 0 Å². The Hall–Kier alpha value is -4.92. The van der Waals surface area contributed by atoms with Crippen molar-refractivity contribution < 1.29 is 19.3 Å². The number of nitrogens with zero attached hydrogens (tertiary/aromatic N) is 4. The van der Waals surface area contributed by atoms with Gasteiger partial charge in [-0.2, -0.15) is 0 Å². The summed E-state index contributed by atoms with van der Waals surface area (Å²) >= 11 is 0. The Morgan fingerprint density at radius 2 is 1.57 bits per heavy atom. The highest BCUT2D eigenvalue weighted by atomic mass is 16.6. The van der Waals surface area contributed by atoms with E-state index >= 15 is 0 Å². The van der Waals surface area contributed by atoms with Crippen molar-refractivity contribution in [2.45, 2.75) is 26.8 Å². The molecule has 0 saturated heterocycles. The molecule has 1 aromatic heterocycles. The summed E-state index contributed by atoms with van der Waals surface area (Å²) in [7, 11) is 0. The minimum atomic E-state index is -0.550. The molecule has 1 aliphatic heterocycles. The first-order valence-corrected chi connectivity index (χ1v) is 11.7. The molecule has 0 unspecified atom stereocenters. The van der Waals surface area contributed by atoms with Crippen LogP contribution in [0.15, 0.2) is 72.8 Å². The number of aromatic nitrogens is 2. The second kappa shape index (κ2) is 9.27. The number of rotatable bonds is 7. The van der Waals surface area contributed by atoms with Crippen molar-refractivity contribution in [2.24, 2.45) is 0 Å². The molecule has 4 aromatic rings. The molecule has 1 aliphatic rings. The van der Waals surface area contributed by atoms with Crippen molar-refractivity contribution in [3.8, 4) is 5.69 Å². The third-order valence-corrected chi connectivity index (χ3v) is 6.47. The topological polar surface area (TPSA) is 115 Å². The Bertz CT molecular complexity index is 1550. The van der Waals surface area contributed by atoms with Gasteiger partial charge in [0.25, 0.3) is 17.5 Å². The zero-order valence-corrected chi connectivity index (χ0v) is 20.2. The summed E-state index contributed by atoms with van der Waals surface area (Å²) in [6.07, 6.45) is 0.539. The van der Waals surface area contributed by atoms with Gasteiger partial charge in [-0.1, -0.05) is 49.4 Å². The minimum absolute atomic E-state index is 0.121. The average Bonchev–Trinajstić information content (AvgIpc) is 3.36. The standard InChI is InChI=1S/C28H22N4O5/c1-3-23-17(2)29-25(16-30-27(34)20-11-7-8-12-21(20)28(30)35)31(23)24-14-13-19(32(36)37)15-22(24)26(33)18-9-5-4-6-10-18/h4-15H,3,16H2,1-2H3. The quantitative estimate of drug-likeness (QED) is 0.159. The predicted octanol–water partition coefficient (Wildman–Crippen LogP) is 4.68. The van der Waals surface area contributed by atoms with Gasteiger partial charge in [-0.05, 0) is 31.5 Å². The van der Waals surface area contributed by atoms with Gasteiger partial charge in [-0.3, -0.25) is 34.0 Å². The molecule has 3 aromatic carbocycles. The second-order valence-corrected chi connectivity index (χ2v) is 8.64. The number of non-ortho nitro benzene ring substituents is 1. The van der Waals surface area contributed by atoms with Crippen LogP contribution in [0.5, 0.6) is 0 Å². The Balaban J connectivity index is 1.66. The number of nitro benzene ring substituents is 1. The molecule has 0 atom stereocenters. The number of aryl methyl sites for hydroxylation is 1. The molecule has 0 radical (unpaired) electrons. The number of amides is 2. The first-order valence-electron chi connectivity index (χ1n) is 11.7. The molecular formula is C28H22N4O5. The maximum absolute atomic E-state index is 13.6. The smallest absolute Gasteiger partial charge is 0.270 e. The van der Waals surface area contributed by atoms with E-state index in [-0.39, 0.29) is 23.6 Å². The fourth-order valence-electron chi connectivity index (χ4n) is 4.71. The largest absolute Gasteiger partial charge is 0.298 e. The van der Waals surface area contributed by atoms with Crippen LogP contribution in [0.4, 0.5) is 5.69 Å². The molecule has 9 nitrogen and oxygen atoms in total. The number of imidazole rings is 1. The predicted molar refractivity (Wildman–Crippen MR) is 135 cm³/mol. The molecule has 37 heavy (non-hydrogen) atoms. The first kappa shape index (κ1) is 23.8. The van der Waals surface area contributed by atoms with E-state index in [9.17, 15) is 24.5 Å². The summed E-state index contributed by atoms with van der Waals surface area (Å²) in [5, 5.41) is 11.6. The van der Waals surface area contributed by atoms with E-state index in [0.29, 0.717) is 40.3 Å². The number of hydrogen-bond acceptors (Lipinski definition) is 6. The highest BCUT2D eigenvalue weighted by Gasteiger charge is 2.36. The lowest BCUT2D eigenvalue weighted by molar-refractivity contribution is -0.384. The van der Waals surface area contributed by atoms with Crippen molar-refractivity contribution in [3.63, 3.8) is 0 Å². The van der Waals surface area contributed by atoms with E-state index in [1.807, 2.05) is 13.8 Å². The molecule has 0 fully saturated rings. The Labute approximate surface area is 212 Å². The van der Waals surface area contributed by atoms with E-state index in [1.165, 1.54) is 18.2 Å². The Morgan fingerprint density at radius 3 is 2.16 bits per heavy atom. The monoisotopic (exact) mass is 494 g/mol. The van der Waals surface area contributed by atoms with Gasteiger partial charge < -0.3 is 0 Å². The van der Waals surface area contributed by atoms with Crippen LogP contribution in [-0.2, 0) is 13.0 Å². The van der Waals surface area contributed by atoms with Gasteiger partial charge in [0.05, 0.1) is 39.5 Å². The van der Waals surface area contributed by atoms with Crippen molar-refractivity contribution in [1.29, 1.82) is 0 Å². The maximum Gasteiger partial charge on any atom is 0.270 e. The number of carbonyl (C=O) groups is 3. The zero-order chi connectivity index (χ0) is 26.3. The van der Waals surface area contributed by atoms with E-state index < -0.39 is 16.7 Å². The third kappa shape index (κ3) is 4.00. The molecule has 0 aliphatic carbocycles. The van der Waals surface area contributed by atoms with Crippen LogP contribution in [-0.4, -0.2) is 37.0 Å². The number of ketones is 1. The Morgan fingerprint density at radius 1 is 0.946 bits per heavy atom. The number of fused-ring (bicyclic) bond motifs is 1. The van der Waals surface area contributed by atoms with Crippen molar-refractivity contribution >= 4 is 23.3 Å². The molecule has 9 heteroatoms. The lowest BCUT2D eigenvalue weighted by Crippen LogP contribution is -2.30. The fraction of sp³-hybridized carbons (Fsp3) is 0.143. The molecule has 5 rings (SSSR count). The molecule has 184 valence electrons. The van der Waals surface area contributed by atoms with Crippen LogP contribution in [0.3, 0.4) is 0 Å². The van der Waals surface area contributed by atoms with Gasteiger partial charge in [0.2, 0.25) is 0 Å². The number of benzene rings is 3. The van der Waals surface area contributed by atoms with E-state index in [1.54, 1.807) is 59.2 Å². The summed E-state index contributed by atoms with van der Waals surface area (Å²) in [5.74, 6) is -0.857. The van der Waals surface area contributed by atoms with Crippen molar-refractivity contribution in [3.05, 3.63) is 122 Å². The minimum Gasteiger partial charge on any atom is -0.298 e. The molecule has 2 heterocycles. The van der Waals surface area contributed by atoms with Crippen molar-refractivity contribution in [1.82, 2.24) is 14.5 Å². The summed E-state index contributed by atoms with van der Waals surface area (Å²) in [5.41, 5.74) is 2.76. The molecule has 0 spiro atoms. The van der Waals surface area contributed by atoms with E-state index in [2.05, 4.69) is 4.98 Å². The number of carbonyl (C=O) groups excluding carboxylic acids is 3. The molecule has 2 amide bonds. The molecular weight excluding hydrogens is 472 g/mol. The lowest BCUT2D eigenvalue weighted by atomic mass is 10.0. The molecule has 0 N–H and O–H groups in total. The van der Waals surface area contributed by atoms with E-state index in [0.717, 1.165) is 10.6 Å². The first-order chi connectivity index (χ1) is 17.8. The van der Waals surface area contributed by atoms with Crippen LogP contribution in [0, 0.1) is 17.0 Å². The number of hydrogen-bond donors (Lipinski definition) is 0. The maximum atomic E-state index is 13.6. The van der Waals surface area contributed by atoms with Crippen LogP contribution in [0.25, 0.3) is 5.69 Å². The van der Waals surface area contributed by atoms with Gasteiger partial charge in [0.1, 0.15) is 5.82 Å². The third-order valence-electron chi connectivity index (χ3n) is 6.47. The molecule has 0 saturated carbocycles. The zero-order valence-electron chi connectivity index (χ0n) is 20.2. The van der Waals surface area contributed by atoms with Crippen LogP contribution < -0.4 is 0 Å². The van der Waals surface area contributed by atoms with Gasteiger partial charge >= 0.3 is 0 Å². The highest BCUT2D eigenvalue weighted by Crippen LogP contribution is 2.30. The van der Waals surface area contributed by atoms with Crippen LogP contribution in [0.2, 0.25) is 0 Å². The normalized spacial score (nSPS) is 12.6. The van der Waals surface area contributed by atoms with Gasteiger partial charge in [0, 0.05) is 23.4 Å². The summed E-state index contributed by atoms with van der Waals surface area (Å²) in [6.45, 7) is 3.62. The summed E-state index contributed by atoms with van der Waals surface area (Å²) in [4.78, 5) is 56.4. The summed E-state index contributed by atoms with van der Waals surface area (Å²) < 4.78 is 1.73. The van der Waals surface area contributed by atoms with Crippen molar-refractivity contribution in [2.75, 3.05) is 0 Å². The number of nitro groups is 1. The van der Waals surface area contributed by atoms with Gasteiger partial charge in [-0.25, -0.2) is 4.98 Å². The second-order valence-electron chi connectivity index (χ2n) is 8.64. The van der Waals surface area contributed by atoms with Gasteiger partial charge in [0.15, 0.2) is 5.78 Å². The lowest BCUT2D eigenvalue weighted by Gasteiger charge is -2.18. The molecule has 0 bridgehead atoms. The average molecular weight is 495 g/mol. The number of imide groups is 1. The van der Waals surface area contributed by atoms with Crippen LogP contribution in [0.1, 0.15) is 60.8 Å². The SMILES string of the molecule is CCc1c(C)nc(CN2C(=O)c3ccccc3C2=O)n1-c1ccc([N+](=O)[O-])cc1C(=O)c1ccccc1.